The highest BCUT2D eigenvalue weighted by Crippen LogP contribution is 2.36. The fraction of sp³-hybridized carbons (Fsp3) is 0.500. The Morgan fingerprint density at radius 2 is 1.90 bits per heavy atom. The number of carbonyl (C=O) groups excluding carboxylic acids is 2. The molecule has 1 atom stereocenters. The predicted molar refractivity (Wildman–Crippen MR) is 121 cm³/mol. The van der Waals surface area contributed by atoms with E-state index in [0.29, 0.717) is 24.0 Å². The van der Waals surface area contributed by atoms with Gasteiger partial charge in [0.15, 0.2) is 0 Å². The van der Waals surface area contributed by atoms with Gasteiger partial charge in [-0.25, -0.2) is 9.97 Å². The number of likely N-dealkylation sites (tertiary alicyclic amines) is 1. The molecule has 7 nitrogen and oxygen atoms in total. The topological polar surface area (TPSA) is 92.4 Å². The van der Waals surface area contributed by atoms with E-state index in [1.807, 2.05) is 42.2 Å². The zero-order valence-corrected chi connectivity index (χ0v) is 18.4. The maximum absolute atomic E-state index is 13.1. The van der Waals surface area contributed by atoms with Gasteiger partial charge in [0.25, 0.3) is 0 Å². The lowest BCUT2D eigenvalue weighted by Gasteiger charge is -2.26. The van der Waals surface area contributed by atoms with Crippen LogP contribution in [-0.4, -0.2) is 53.9 Å². The van der Waals surface area contributed by atoms with Crippen molar-refractivity contribution in [3.05, 3.63) is 41.7 Å². The average Bonchev–Trinajstić information content (AvgIpc) is 3.29. The smallest absolute Gasteiger partial charge is 0.248 e. The number of benzene rings is 1. The van der Waals surface area contributed by atoms with Crippen LogP contribution in [0.2, 0.25) is 0 Å². The summed E-state index contributed by atoms with van der Waals surface area (Å²) in [6, 6.07) is 7.27. The molecule has 1 aromatic heterocycles. The number of hydrogen-bond donors (Lipinski definition) is 1. The van der Waals surface area contributed by atoms with E-state index < -0.39 is 5.91 Å². The molecule has 31 heavy (non-hydrogen) atoms. The molecule has 0 radical (unpaired) electrons. The van der Waals surface area contributed by atoms with Gasteiger partial charge in [-0.1, -0.05) is 31.4 Å². The lowest BCUT2D eigenvalue weighted by molar-refractivity contribution is -0.135. The zero-order chi connectivity index (χ0) is 22.0. The van der Waals surface area contributed by atoms with Crippen LogP contribution in [-0.2, 0) is 4.79 Å². The van der Waals surface area contributed by atoms with Crippen molar-refractivity contribution < 1.29 is 9.59 Å². The Bertz CT molecular complexity index is 968. The van der Waals surface area contributed by atoms with Crippen LogP contribution >= 0.6 is 0 Å². The molecule has 1 aromatic carbocycles. The molecular formula is C24H31N5O2. The Morgan fingerprint density at radius 1 is 1.13 bits per heavy atom. The molecule has 7 heteroatoms. The van der Waals surface area contributed by atoms with Crippen molar-refractivity contribution in [1.82, 2.24) is 14.9 Å². The molecule has 1 aliphatic heterocycles. The number of nitrogens with two attached hydrogens (primary N) is 1. The summed E-state index contributed by atoms with van der Waals surface area (Å²) < 4.78 is 0. The van der Waals surface area contributed by atoms with E-state index in [2.05, 4.69) is 4.98 Å². The van der Waals surface area contributed by atoms with E-state index in [-0.39, 0.29) is 11.8 Å². The third kappa shape index (κ3) is 4.55. The summed E-state index contributed by atoms with van der Waals surface area (Å²) in [6.45, 7) is 1.45. The monoisotopic (exact) mass is 421 g/mol. The number of aromatic nitrogens is 2. The van der Waals surface area contributed by atoms with Crippen LogP contribution in [0.4, 0.5) is 5.95 Å². The van der Waals surface area contributed by atoms with Gasteiger partial charge in [0.1, 0.15) is 0 Å². The van der Waals surface area contributed by atoms with Gasteiger partial charge in [-0.2, -0.15) is 0 Å². The Labute approximate surface area is 183 Å². The second-order valence-electron chi connectivity index (χ2n) is 8.91. The quantitative estimate of drug-likeness (QED) is 0.800. The normalized spacial score (nSPS) is 19.4. The van der Waals surface area contributed by atoms with Crippen molar-refractivity contribution in [1.29, 1.82) is 0 Å². The number of nitrogens with zero attached hydrogens (tertiary/aromatic N) is 4. The molecule has 2 heterocycles. The third-order valence-corrected chi connectivity index (χ3v) is 6.50. The highest BCUT2D eigenvalue weighted by atomic mass is 16.2. The molecule has 2 amide bonds. The predicted octanol–water partition coefficient (Wildman–Crippen LogP) is 3.20. The summed E-state index contributed by atoms with van der Waals surface area (Å²) in [6.07, 6.45) is 8.30. The van der Waals surface area contributed by atoms with Crippen LogP contribution in [0.25, 0.3) is 11.1 Å². The lowest BCUT2D eigenvalue weighted by atomic mass is 9.88. The molecular weight excluding hydrogens is 390 g/mol. The standard InChI is InChI=1S/C24H31N5O2/c1-28(2)24-26-14-20(17-9-6-10-18(13-17)22(25)30)21(27-24)19-11-12-29(15-19)23(31)16-7-4-3-5-8-16/h6,9-10,13-14,16,19H,3-5,7-8,11-12,15H2,1-2H3,(H2,25,30)/t19-/m1/s1. The zero-order valence-electron chi connectivity index (χ0n) is 18.4. The maximum Gasteiger partial charge on any atom is 0.248 e. The summed E-state index contributed by atoms with van der Waals surface area (Å²) >= 11 is 0. The lowest BCUT2D eigenvalue weighted by Crippen LogP contribution is -2.35. The van der Waals surface area contributed by atoms with E-state index in [4.69, 9.17) is 10.7 Å². The third-order valence-electron chi connectivity index (χ3n) is 6.50. The summed E-state index contributed by atoms with van der Waals surface area (Å²) in [5.41, 5.74) is 8.64. The molecule has 0 bridgehead atoms. The van der Waals surface area contributed by atoms with E-state index in [9.17, 15) is 9.59 Å². The first-order valence-corrected chi connectivity index (χ1v) is 11.2. The van der Waals surface area contributed by atoms with E-state index in [0.717, 1.165) is 55.5 Å². The first-order valence-electron chi connectivity index (χ1n) is 11.2. The van der Waals surface area contributed by atoms with Gasteiger partial charge in [0.05, 0.1) is 5.69 Å². The second kappa shape index (κ2) is 9.04. The van der Waals surface area contributed by atoms with Gasteiger partial charge in [0, 0.05) is 56.3 Å². The van der Waals surface area contributed by atoms with Gasteiger partial charge in [0.2, 0.25) is 17.8 Å². The number of anilines is 1. The first kappa shape index (κ1) is 21.3. The van der Waals surface area contributed by atoms with Crippen molar-refractivity contribution >= 4 is 17.8 Å². The fourth-order valence-corrected chi connectivity index (χ4v) is 4.77. The molecule has 0 unspecified atom stereocenters. The molecule has 1 aliphatic carbocycles. The number of hydrogen-bond acceptors (Lipinski definition) is 5. The number of rotatable bonds is 5. The molecule has 2 fully saturated rings. The van der Waals surface area contributed by atoms with Gasteiger partial charge >= 0.3 is 0 Å². The molecule has 2 N–H and O–H groups in total. The average molecular weight is 422 g/mol. The Hall–Kier alpha value is -2.96. The molecule has 164 valence electrons. The van der Waals surface area contributed by atoms with Gasteiger partial charge in [-0.3, -0.25) is 9.59 Å². The molecule has 1 saturated heterocycles. The van der Waals surface area contributed by atoms with Gasteiger partial charge in [-0.15, -0.1) is 0 Å². The minimum Gasteiger partial charge on any atom is -0.366 e. The minimum absolute atomic E-state index is 0.140. The first-order chi connectivity index (χ1) is 14.9. The van der Waals surface area contributed by atoms with Crippen LogP contribution in [0.15, 0.2) is 30.5 Å². The Morgan fingerprint density at radius 3 is 2.61 bits per heavy atom. The summed E-state index contributed by atoms with van der Waals surface area (Å²) in [5.74, 6) is 0.811. The number of carbonyl (C=O) groups is 2. The molecule has 0 spiro atoms. The maximum atomic E-state index is 13.1. The number of amides is 2. The van der Waals surface area contributed by atoms with Crippen molar-refractivity contribution in [2.75, 3.05) is 32.1 Å². The second-order valence-corrected chi connectivity index (χ2v) is 8.91. The number of primary amides is 1. The SMILES string of the molecule is CN(C)c1ncc(-c2cccc(C(N)=O)c2)c([C@@H]2CCN(C(=O)C3CCCCC3)C2)n1. The summed E-state index contributed by atoms with van der Waals surface area (Å²) in [4.78, 5) is 38.0. The van der Waals surface area contributed by atoms with Crippen molar-refractivity contribution in [3.63, 3.8) is 0 Å². The van der Waals surface area contributed by atoms with Crippen LogP contribution in [0.1, 0.15) is 60.5 Å². The van der Waals surface area contributed by atoms with Crippen molar-refractivity contribution in [2.45, 2.75) is 44.4 Å². The largest absolute Gasteiger partial charge is 0.366 e. The summed E-state index contributed by atoms with van der Waals surface area (Å²) in [5, 5.41) is 0. The highest BCUT2D eigenvalue weighted by molar-refractivity contribution is 5.94. The van der Waals surface area contributed by atoms with Gasteiger partial charge < -0.3 is 15.5 Å². The Kier molecular flexibility index (Phi) is 6.20. The molecule has 4 rings (SSSR count). The van der Waals surface area contributed by atoms with Crippen LogP contribution in [0.5, 0.6) is 0 Å². The van der Waals surface area contributed by atoms with E-state index >= 15 is 0 Å². The van der Waals surface area contributed by atoms with E-state index in [1.54, 1.807) is 12.1 Å². The van der Waals surface area contributed by atoms with Crippen molar-refractivity contribution in [2.24, 2.45) is 11.7 Å². The van der Waals surface area contributed by atoms with Crippen molar-refractivity contribution in [3.8, 4) is 11.1 Å². The minimum atomic E-state index is -0.459. The van der Waals surface area contributed by atoms with Crippen LogP contribution in [0, 0.1) is 5.92 Å². The fourth-order valence-electron chi connectivity index (χ4n) is 4.77. The molecule has 2 aromatic rings. The van der Waals surface area contributed by atoms with Gasteiger partial charge in [-0.05, 0) is 37.0 Å². The van der Waals surface area contributed by atoms with E-state index in [1.165, 1.54) is 6.42 Å². The van der Waals surface area contributed by atoms with Crippen LogP contribution in [0.3, 0.4) is 0 Å². The highest BCUT2D eigenvalue weighted by Gasteiger charge is 2.34. The Balaban J connectivity index is 1.64. The summed E-state index contributed by atoms with van der Waals surface area (Å²) in [7, 11) is 3.83. The molecule has 2 aliphatic rings. The van der Waals surface area contributed by atoms with Crippen LogP contribution < -0.4 is 10.6 Å². The molecule has 1 saturated carbocycles.